The average Bonchev–Trinajstić information content (AvgIpc) is 2.62. The van der Waals surface area contributed by atoms with E-state index < -0.39 is 32.8 Å². The molecule has 1 aromatic carbocycles. The van der Waals surface area contributed by atoms with Gasteiger partial charge in [-0.2, -0.15) is 26.9 Å². The molecule has 1 atom stereocenters. The summed E-state index contributed by atoms with van der Waals surface area (Å²) in [6.45, 7) is 1.39. The number of alkyl halides is 3. The zero-order valence-electron chi connectivity index (χ0n) is 14.9. The number of carbonyl (C=O) groups is 1. The van der Waals surface area contributed by atoms with Crippen molar-refractivity contribution in [1.82, 2.24) is 0 Å². The van der Waals surface area contributed by atoms with E-state index >= 15 is 0 Å². The van der Waals surface area contributed by atoms with Crippen LogP contribution in [0.1, 0.15) is 24.5 Å². The molecule has 10 heteroatoms. The number of ether oxygens (including phenoxy) is 1. The molecule has 1 aliphatic carbocycles. The number of carbonyl (C=O) groups excluding carboxylic acids is 1. The smallest absolute Gasteiger partial charge is 0.466 e. The predicted molar refractivity (Wildman–Crippen MR) is 91.8 cm³/mol. The molecule has 0 fully saturated rings. The summed E-state index contributed by atoms with van der Waals surface area (Å²) in [7, 11) is -4.81. The standard InChI is InChI=1S/C18H16F3NO5S/c1-17(10-12-6-8-13(11-22)9-7-12)14(16(23)26-2)4-3-5-15(17)27-28(24,25)18(19,20)21/h4-9H,3,10H2,1-2H3. The van der Waals surface area contributed by atoms with Crippen molar-refractivity contribution < 1.29 is 35.3 Å². The number of halogens is 3. The molecule has 0 aliphatic heterocycles. The Labute approximate surface area is 160 Å². The number of nitrogens with zero attached hydrogens (tertiary/aromatic N) is 1. The van der Waals surface area contributed by atoms with Gasteiger partial charge in [-0.1, -0.05) is 18.2 Å². The monoisotopic (exact) mass is 415 g/mol. The Kier molecular flexibility index (Phi) is 5.89. The highest BCUT2D eigenvalue weighted by Gasteiger charge is 2.52. The fourth-order valence-corrected chi connectivity index (χ4v) is 3.45. The lowest BCUT2D eigenvalue weighted by Gasteiger charge is -2.35. The summed E-state index contributed by atoms with van der Waals surface area (Å²) in [6, 6.07) is 8.05. The molecule has 0 radical (unpaired) electrons. The second-order valence-electron chi connectivity index (χ2n) is 6.21. The maximum Gasteiger partial charge on any atom is 0.534 e. The first-order valence-electron chi connectivity index (χ1n) is 7.94. The minimum atomic E-state index is -5.92. The molecule has 0 aromatic heterocycles. The SMILES string of the molecule is COC(=O)C1=CCC=C(OS(=O)(=O)C(F)(F)F)C1(C)Cc1ccc(C#N)cc1. The van der Waals surface area contributed by atoms with Crippen LogP contribution in [-0.2, 0) is 30.3 Å². The van der Waals surface area contributed by atoms with Crippen LogP contribution in [0.25, 0.3) is 0 Å². The third-order valence-electron chi connectivity index (χ3n) is 4.29. The average molecular weight is 415 g/mol. The lowest BCUT2D eigenvalue weighted by Crippen LogP contribution is -2.36. The summed E-state index contributed by atoms with van der Waals surface area (Å²) in [4.78, 5) is 12.2. The second-order valence-corrected chi connectivity index (χ2v) is 7.75. The lowest BCUT2D eigenvalue weighted by molar-refractivity contribution is -0.137. The summed E-state index contributed by atoms with van der Waals surface area (Å²) >= 11 is 0. The molecule has 0 saturated heterocycles. The van der Waals surface area contributed by atoms with Gasteiger partial charge in [0.25, 0.3) is 0 Å². The van der Waals surface area contributed by atoms with Crippen molar-refractivity contribution in [3.63, 3.8) is 0 Å². The van der Waals surface area contributed by atoms with Crippen LogP contribution in [0.3, 0.4) is 0 Å². The number of esters is 1. The minimum absolute atomic E-state index is 0.00387. The Balaban J connectivity index is 2.49. The van der Waals surface area contributed by atoms with Crippen molar-refractivity contribution in [3.05, 3.63) is 58.9 Å². The Morgan fingerprint density at radius 3 is 2.36 bits per heavy atom. The maximum absolute atomic E-state index is 12.8. The molecule has 2 rings (SSSR count). The van der Waals surface area contributed by atoms with Crippen LogP contribution in [0.2, 0.25) is 0 Å². The van der Waals surface area contributed by atoms with Gasteiger partial charge < -0.3 is 8.92 Å². The van der Waals surface area contributed by atoms with Crippen LogP contribution in [-0.4, -0.2) is 27.0 Å². The Morgan fingerprint density at radius 1 is 1.25 bits per heavy atom. The van der Waals surface area contributed by atoms with Gasteiger partial charge in [0.05, 0.1) is 24.2 Å². The normalized spacial score (nSPS) is 19.9. The summed E-state index contributed by atoms with van der Waals surface area (Å²) < 4.78 is 70.6. The third kappa shape index (κ3) is 4.20. The summed E-state index contributed by atoms with van der Waals surface area (Å²) in [5.41, 5.74) is -6.24. The Morgan fingerprint density at radius 2 is 1.86 bits per heavy atom. The highest BCUT2D eigenvalue weighted by atomic mass is 32.2. The van der Waals surface area contributed by atoms with Crippen LogP contribution in [0.4, 0.5) is 13.2 Å². The van der Waals surface area contributed by atoms with Crippen molar-refractivity contribution in [1.29, 1.82) is 5.26 Å². The van der Waals surface area contributed by atoms with Gasteiger partial charge in [0.1, 0.15) is 5.76 Å². The summed E-state index contributed by atoms with van der Waals surface area (Å²) in [5, 5.41) is 8.87. The molecule has 28 heavy (non-hydrogen) atoms. The molecule has 1 aromatic rings. The molecule has 0 saturated carbocycles. The molecule has 0 bridgehead atoms. The molecule has 0 spiro atoms. The molecule has 0 amide bonds. The van der Waals surface area contributed by atoms with Gasteiger partial charge >= 0.3 is 21.6 Å². The minimum Gasteiger partial charge on any atom is -0.466 e. The Bertz CT molecular complexity index is 972. The highest BCUT2D eigenvalue weighted by Crippen LogP contribution is 2.45. The van der Waals surface area contributed by atoms with Crippen LogP contribution in [0, 0.1) is 16.7 Å². The van der Waals surface area contributed by atoms with E-state index in [2.05, 4.69) is 4.18 Å². The lowest BCUT2D eigenvalue weighted by atomic mass is 9.72. The van der Waals surface area contributed by atoms with E-state index in [1.54, 1.807) is 12.1 Å². The zero-order valence-corrected chi connectivity index (χ0v) is 15.7. The van der Waals surface area contributed by atoms with Gasteiger partial charge in [-0.3, -0.25) is 0 Å². The molecular formula is C18H16F3NO5S. The number of methoxy groups -OCH3 is 1. The number of benzene rings is 1. The van der Waals surface area contributed by atoms with Gasteiger partial charge in [-0.25, -0.2) is 4.79 Å². The summed E-state index contributed by atoms with van der Waals surface area (Å²) in [5.74, 6) is -1.33. The van der Waals surface area contributed by atoms with E-state index in [-0.39, 0.29) is 18.4 Å². The number of allylic oxidation sites excluding steroid dienone is 3. The van der Waals surface area contributed by atoms with E-state index in [9.17, 15) is 26.4 Å². The van der Waals surface area contributed by atoms with E-state index in [0.717, 1.165) is 7.11 Å². The highest BCUT2D eigenvalue weighted by molar-refractivity contribution is 7.87. The summed E-state index contributed by atoms with van der Waals surface area (Å²) in [6.07, 6.45) is 2.57. The molecule has 0 heterocycles. The maximum atomic E-state index is 12.8. The number of rotatable bonds is 5. The molecular weight excluding hydrogens is 399 g/mol. The zero-order chi connectivity index (χ0) is 21.2. The third-order valence-corrected chi connectivity index (χ3v) is 5.26. The molecule has 6 nitrogen and oxygen atoms in total. The molecule has 0 N–H and O–H groups in total. The van der Waals surface area contributed by atoms with Crippen LogP contribution in [0.15, 0.2) is 47.7 Å². The largest absolute Gasteiger partial charge is 0.534 e. The van der Waals surface area contributed by atoms with E-state index in [1.165, 1.54) is 31.2 Å². The first-order chi connectivity index (χ1) is 12.9. The molecule has 1 unspecified atom stereocenters. The fraction of sp³-hybridized carbons (Fsp3) is 0.333. The number of hydrogen-bond donors (Lipinski definition) is 0. The van der Waals surface area contributed by atoms with Crippen LogP contribution in [0.5, 0.6) is 0 Å². The van der Waals surface area contributed by atoms with Gasteiger partial charge in [0.15, 0.2) is 0 Å². The van der Waals surface area contributed by atoms with Crippen LogP contribution >= 0.6 is 0 Å². The first kappa shape index (κ1) is 21.5. The second kappa shape index (κ2) is 7.67. The van der Waals surface area contributed by atoms with E-state index in [1.807, 2.05) is 6.07 Å². The Hall–Kier alpha value is -2.80. The van der Waals surface area contributed by atoms with Gasteiger partial charge in [0.2, 0.25) is 0 Å². The topological polar surface area (TPSA) is 93.5 Å². The van der Waals surface area contributed by atoms with E-state index in [0.29, 0.717) is 11.1 Å². The predicted octanol–water partition coefficient (Wildman–Crippen LogP) is 3.36. The first-order valence-corrected chi connectivity index (χ1v) is 9.35. The van der Waals surface area contributed by atoms with Crippen molar-refractivity contribution in [2.45, 2.75) is 25.3 Å². The fourth-order valence-electron chi connectivity index (χ4n) is 2.86. The van der Waals surface area contributed by atoms with Crippen LogP contribution < -0.4 is 0 Å². The van der Waals surface area contributed by atoms with E-state index in [4.69, 9.17) is 10.00 Å². The number of hydrogen-bond acceptors (Lipinski definition) is 6. The van der Waals surface area contributed by atoms with Gasteiger partial charge in [0, 0.05) is 5.57 Å². The van der Waals surface area contributed by atoms with Gasteiger partial charge in [-0.05, 0) is 43.5 Å². The number of nitriles is 1. The van der Waals surface area contributed by atoms with Crippen molar-refractivity contribution in [3.8, 4) is 6.07 Å². The molecule has 1 aliphatic rings. The quantitative estimate of drug-likeness (QED) is 0.416. The molecule has 150 valence electrons. The van der Waals surface area contributed by atoms with Gasteiger partial charge in [-0.15, -0.1) is 0 Å². The van der Waals surface area contributed by atoms with Crippen molar-refractivity contribution in [2.24, 2.45) is 5.41 Å². The van der Waals surface area contributed by atoms with Crippen molar-refractivity contribution in [2.75, 3.05) is 7.11 Å². The van der Waals surface area contributed by atoms with Crippen molar-refractivity contribution >= 4 is 16.1 Å².